The van der Waals surface area contributed by atoms with Crippen LogP contribution in [-0.2, 0) is 0 Å². The lowest BCUT2D eigenvalue weighted by molar-refractivity contribution is 0.0925. The number of carbonyl (C=O) groups excluding carboxylic acids is 2. The monoisotopic (exact) mass is 331 g/mol. The van der Waals surface area contributed by atoms with Crippen LogP contribution in [0.2, 0.25) is 0 Å². The molecule has 0 aromatic heterocycles. The molecule has 3 aromatic carbocycles. The molecule has 116 valence electrons. The highest BCUT2D eigenvalue weighted by atomic mass is 32.2. The SMILES string of the molecule is O=C1c2ccccc2C(=O)N1c1ccccc1Sc1ccccc1. The first-order valence-corrected chi connectivity index (χ1v) is 8.37. The fourth-order valence-electron chi connectivity index (χ4n) is 2.75. The molecule has 3 aromatic rings. The highest BCUT2D eigenvalue weighted by Gasteiger charge is 2.37. The third-order valence-corrected chi connectivity index (χ3v) is 4.94. The van der Waals surface area contributed by atoms with Crippen LogP contribution in [0.1, 0.15) is 20.7 Å². The lowest BCUT2D eigenvalue weighted by Crippen LogP contribution is -2.29. The topological polar surface area (TPSA) is 37.4 Å². The molecule has 0 radical (unpaired) electrons. The fraction of sp³-hybridized carbons (Fsp3) is 0. The predicted molar refractivity (Wildman–Crippen MR) is 94.6 cm³/mol. The second-order valence-electron chi connectivity index (χ2n) is 5.37. The maximum atomic E-state index is 12.7. The molecule has 24 heavy (non-hydrogen) atoms. The number of rotatable bonds is 3. The smallest absolute Gasteiger partial charge is 0.266 e. The van der Waals surface area contributed by atoms with E-state index in [1.807, 2.05) is 54.6 Å². The Kier molecular flexibility index (Phi) is 3.67. The number of amides is 2. The van der Waals surface area contributed by atoms with E-state index in [1.165, 1.54) is 16.7 Å². The van der Waals surface area contributed by atoms with Gasteiger partial charge in [0.15, 0.2) is 0 Å². The van der Waals surface area contributed by atoms with Crippen LogP contribution >= 0.6 is 11.8 Å². The number of hydrogen-bond acceptors (Lipinski definition) is 3. The molecule has 0 saturated heterocycles. The highest BCUT2D eigenvalue weighted by molar-refractivity contribution is 7.99. The van der Waals surface area contributed by atoms with Crippen LogP contribution in [0.25, 0.3) is 0 Å². The summed E-state index contributed by atoms with van der Waals surface area (Å²) in [5, 5.41) is 0. The van der Waals surface area contributed by atoms with Crippen LogP contribution in [0.4, 0.5) is 5.69 Å². The maximum Gasteiger partial charge on any atom is 0.266 e. The van der Waals surface area contributed by atoms with Crippen molar-refractivity contribution >= 4 is 29.3 Å². The van der Waals surface area contributed by atoms with Crippen molar-refractivity contribution in [2.24, 2.45) is 0 Å². The van der Waals surface area contributed by atoms with Crippen LogP contribution in [0.5, 0.6) is 0 Å². The molecule has 0 spiro atoms. The number of fused-ring (bicyclic) bond motifs is 1. The van der Waals surface area contributed by atoms with E-state index in [0.29, 0.717) is 16.8 Å². The van der Waals surface area contributed by atoms with E-state index in [-0.39, 0.29) is 11.8 Å². The number of hydrogen-bond donors (Lipinski definition) is 0. The summed E-state index contributed by atoms with van der Waals surface area (Å²) in [6.07, 6.45) is 0. The average molecular weight is 331 g/mol. The van der Waals surface area contributed by atoms with Gasteiger partial charge in [0.2, 0.25) is 0 Å². The fourth-order valence-corrected chi connectivity index (χ4v) is 3.71. The standard InChI is InChI=1S/C20H13NO2S/c22-19-15-10-4-5-11-16(15)20(23)21(19)17-12-6-7-13-18(17)24-14-8-2-1-3-9-14/h1-13H. The first-order valence-electron chi connectivity index (χ1n) is 7.55. The Morgan fingerprint density at radius 1 is 0.625 bits per heavy atom. The number of anilines is 1. The van der Waals surface area contributed by atoms with Crippen LogP contribution < -0.4 is 4.90 Å². The van der Waals surface area contributed by atoms with Crippen molar-refractivity contribution in [2.75, 3.05) is 4.90 Å². The van der Waals surface area contributed by atoms with Gasteiger partial charge in [-0.3, -0.25) is 9.59 Å². The molecule has 0 bridgehead atoms. The molecule has 0 saturated carbocycles. The van der Waals surface area contributed by atoms with E-state index < -0.39 is 0 Å². The molecule has 0 fully saturated rings. The summed E-state index contributed by atoms with van der Waals surface area (Å²) >= 11 is 1.54. The van der Waals surface area contributed by atoms with Gasteiger partial charge in [-0.15, -0.1) is 0 Å². The molecular formula is C20H13NO2S. The van der Waals surface area contributed by atoms with E-state index in [4.69, 9.17) is 0 Å². The summed E-state index contributed by atoms with van der Waals surface area (Å²) in [6, 6.07) is 24.3. The molecule has 0 aliphatic carbocycles. The van der Waals surface area contributed by atoms with Crippen LogP contribution in [0.3, 0.4) is 0 Å². The Bertz CT molecular complexity index is 902. The maximum absolute atomic E-state index is 12.7. The van der Waals surface area contributed by atoms with Crippen molar-refractivity contribution < 1.29 is 9.59 Å². The second-order valence-corrected chi connectivity index (χ2v) is 6.49. The minimum absolute atomic E-state index is 0.267. The number of imide groups is 1. The number of benzene rings is 3. The Hall–Kier alpha value is -2.85. The van der Waals surface area contributed by atoms with Crippen LogP contribution in [0.15, 0.2) is 88.7 Å². The Balaban J connectivity index is 1.76. The van der Waals surface area contributed by atoms with Crippen molar-refractivity contribution in [2.45, 2.75) is 9.79 Å². The number of para-hydroxylation sites is 1. The van der Waals surface area contributed by atoms with E-state index >= 15 is 0 Å². The summed E-state index contributed by atoms with van der Waals surface area (Å²) in [5.74, 6) is -0.534. The van der Waals surface area contributed by atoms with Gasteiger partial charge in [0.25, 0.3) is 11.8 Å². The average Bonchev–Trinajstić information content (AvgIpc) is 2.88. The van der Waals surface area contributed by atoms with E-state index in [2.05, 4.69) is 0 Å². The van der Waals surface area contributed by atoms with Gasteiger partial charge in [-0.25, -0.2) is 4.90 Å². The minimum atomic E-state index is -0.267. The van der Waals surface area contributed by atoms with Gasteiger partial charge in [0.05, 0.1) is 16.8 Å². The van der Waals surface area contributed by atoms with Crippen molar-refractivity contribution in [1.82, 2.24) is 0 Å². The summed E-state index contributed by atoms with van der Waals surface area (Å²) in [5.41, 5.74) is 1.54. The number of carbonyl (C=O) groups is 2. The molecule has 0 unspecified atom stereocenters. The number of nitrogens with zero attached hydrogens (tertiary/aromatic N) is 1. The third-order valence-electron chi connectivity index (χ3n) is 3.87. The lowest BCUT2D eigenvalue weighted by atomic mass is 10.1. The van der Waals surface area contributed by atoms with Crippen molar-refractivity contribution in [3.8, 4) is 0 Å². The molecule has 1 aliphatic heterocycles. The van der Waals surface area contributed by atoms with E-state index in [1.54, 1.807) is 24.3 Å². The zero-order chi connectivity index (χ0) is 16.5. The Morgan fingerprint density at radius 3 is 1.83 bits per heavy atom. The molecule has 1 heterocycles. The summed E-state index contributed by atoms with van der Waals surface area (Å²) < 4.78 is 0. The van der Waals surface area contributed by atoms with Crippen LogP contribution in [-0.4, -0.2) is 11.8 Å². The molecule has 3 nitrogen and oxygen atoms in total. The molecule has 2 amide bonds. The quantitative estimate of drug-likeness (QED) is 0.656. The minimum Gasteiger partial charge on any atom is -0.268 e. The molecule has 4 rings (SSSR count). The molecule has 0 atom stereocenters. The van der Waals surface area contributed by atoms with E-state index in [9.17, 15) is 9.59 Å². The molecule has 1 aliphatic rings. The second kappa shape index (κ2) is 5.98. The first-order chi connectivity index (χ1) is 11.8. The molecular weight excluding hydrogens is 318 g/mol. The van der Waals surface area contributed by atoms with Gasteiger partial charge in [-0.1, -0.05) is 54.2 Å². The van der Waals surface area contributed by atoms with Gasteiger partial charge in [-0.05, 0) is 36.4 Å². The normalized spacial score (nSPS) is 13.2. The van der Waals surface area contributed by atoms with Crippen molar-refractivity contribution in [3.05, 3.63) is 90.0 Å². The summed E-state index contributed by atoms with van der Waals surface area (Å²) in [4.78, 5) is 28.6. The van der Waals surface area contributed by atoms with Gasteiger partial charge in [0.1, 0.15) is 0 Å². The summed E-state index contributed by atoms with van der Waals surface area (Å²) in [6.45, 7) is 0. The Morgan fingerprint density at radius 2 is 1.17 bits per heavy atom. The lowest BCUT2D eigenvalue weighted by Gasteiger charge is -2.17. The van der Waals surface area contributed by atoms with E-state index in [0.717, 1.165) is 9.79 Å². The zero-order valence-electron chi connectivity index (χ0n) is 12.7. The molecule has 0 N–H and O–H groups in total. The van der Waals surface area contributed by atoms with Crippen molar-refractivity contribution in [1.29, 1.82) is 0 Å². The largest absolute Gasteiger partial charge is 0.268 e. The van der Waals surface area contributed by atoms with Gasteiger partial charge >= 0.3 is 0 Å². The first kappa shape index (κ1) is 14.7. The van der Waals surface area contributed by atoms with Crippen molar-refractivity contribution in [3.63, 3.8) is 0 Å². The zero-order valence-corrected chi connectivity index (χ0v) is 13.5. The van der Waals surface area contributed by atoms with Gasteiger partial charge in [0, 0.05) is 9.79 Å². The highest BCUT2D eigenvalue weighted by Crippen LogP contribution is 2.38. The van der Waals surface area contributed by atoms with Crippen LogP contribution in [0, 0.1) is 0 Å². The Labute approximate surface area is 143 Å². The third kappa shape index (κ3) is 2.41. The van der Waals surface area contributed by atoms with Gasteiger partial charge in [-0.2, -0.15) is 0 Å². The molecule has 4 heteroatoms. The summed E-state index contributed by atoms with van der Waals surface area (Å²) in [7, 11) is 0. The van der Waals surface area contributed by atoms with Gasteiger partial charge < -0.3 is 0 Å². The predicted octanol–water partition coefficient (Wildman–Crippen LogP) is 4.64.